The molecule has 39 heavy (non-hydrogen) atoms. The molecule has 0 aliphatic heterocycles. The monoisotopic (exact) mass is 568 g/mol. The summed E-state index contributed by atoms with van der Waals surface area (Å²) in [6.07, 6.45) is 1.33. The predicted octanol–water partition coefficient (Wildman–Crippen LogP) is 4.26. The van der Waals surface area contributed by atoms with Gasteiger partial charge in [0.05, 0.1) is 43.6 Å². The van der Waals surface area contributed by atoms with E-state index in [0.29, 0.717) is 22.6 Å². The second-order valence-electron chi connectivity index (χ2n) is 8.08. The first-order valence-electron chi connectivity index (χ1n) is 11.5. The van der Waals surface area contributed by atoms with Gasteiger partial charge in [-0.1, -0.05) is 29.8 Å². The van der Waals surface area contributed by atoms with Crippen LogP contribution in [-0.4, -0.2) is 53.4 Å². The molecule has 0 fully saturated rings. The second kappa shape index (κ2) is 12.0. The van der Waals surface area contributed by atoms with Crippen LogP contribution >= 0.6 is 11.6 Å². The van der Waals surface area contributed by atoms with Crippen LogP contribution in [0.3, 0.4) is 0 Å². The van der Waals surface area contributed by atoms with Crippen LogP contribution in [0.4, 0.5) is 5.69 Å². The molecule has 4 rings (SSSR count). The van der Waals surface area contributed by atoms with Crippen molar-refractivity contribution in [2.24, 2.45) is 5.10 Å². The van der Waals surface area contributed by atoms with Gasteiger partial charge in [0.25, 0.3) is 15.9 Å². The average molecular weight is 569 g/mol. The molecule has 12 heteroatoms. The number of rotatable bonds is 10. The van der Waals surface area contributed by atoms with Crippen molar-refractivity contribution in [2.75, 3.05) is 32.2 Å². The van der Waals surface area contributed by atoms with Crippen molar-refractivity contribution in [1.29, 1.82) is 0 Å². The third-order valence-corrected chi connectivity index (χ3v) is 7.75. The van der Waals surface area contributed by atoms with E-state index in [-0.39, 0.29) is 21.5 Å². The number of hydrogen-bond acceptors (Lipinski definition) is 8. The summed E-state index contributed by atoms with van der Waals surface area (Å²) in [5, 5.41) is 4.93. The first-order valence-corrected chi connectivity index (χ1v) is 13.3. The molecular formula is C27H25ClN4O6S. The zero-order chi connectivity index (χ0) is 28.0. The Morgan fingerprint density at radius 3 is 2.36 bits per heavy atom. The fourth-order valence-electron chi connectivity index (χ4n) is 3.71. The Bertz CT molecular complexity index is 1630. The lowest BCUT2D eigenvalue weighted by Crippen LogP contribution is -2.39. The van der Waals surface area contributed by atoms with E-state index in [2.05, 4.69) is 15.5 Å². The van der Waals surface area contributed by atoms with E-state index in [1.165, 1.54) is 44.7 Å². The van der Waals surface area contributed by atoms with Crippen molar-refractivity contribution in [3.8, 4) is 17.2 Å². The Kier molecular flexibility index (Phi) is 8.52. The maximum absolute atomic E-state index is 13.6. The van der Waals surface area contributed by atoms with Gasteiger partial charge in [0.15, 0.2) is 0 Å². The molecule has 0 saturated carbocycles. The van der Waals surface area contributed by atoms with E-state index in [9.17, 15) is 13.2 Å². The van der Waals surface area contributed by atoms with Crippen LogP contribution < -0.4 is 23.9 Å². The average Bonchev–Trinajstić information content (AvgIpc) is 2.96. The van der Waals surface area contributed by atoms with E-state index in [0.717, 1.165) is 9.69 Å². The molecule has 0 spiro atoms. The number of halogens is 1. The summed E-state index contributed by atoms with van der Waals surface area (Å²) in [5.74, 6) is 0.610. The van der Waals surface area contributed by atoms with Crippen LogP contribution in [0.25, 0.3) is 10.9 Å². The van der Waals surface area contributed by atoms with Crippen molar-refractivity contribution in [2.45, 2.75) is 4.90 Å². The molecule has 3 aromatic carbocycles. The SMILES string of the molecule is COc1ccc(N(CC(=O)N/N=C/c2cc3ccc(OC)cc3nc2Cl)S(=O)(=O)c2ccccc2)c(OC)c1. The number of benzene rings is 3. The number of anilines is 1. The Hall–Kier alpha value is -4.35. The number of aromatic nitrogens is 1. The highest BCUT2D eigenvalue weighted by Crippen LogP contribution is 2.35. The van der Waals surface area contributed by atoms with Crippen LogP contribution in [0.2, 0.25) is 5.15 Å². The number of carbonyl (C=O) groups excluding carboxylic acids is 1. The third-order valence-electron chi connectivity index (χ3n) is 5.67. The zero-order valence-corrected chi connectivity index (χ0v) is 22.9. The summed E-state index contributed by atoms with van der Waals surface area (Å²) >= 11 is 6.30. The van der Waals surface area contributed by atoms with Crippen molar-refractivity contribution >= 4 is 50.3 Å². The molecule has 4 aromatic rings. The molecule has 1 heterocycles. The standard InChI is InChI=1S/C27H25ClN4O6S/c1-36-20-10-9-18-13-19(27(28)30-23(18)14-20)16-29-31-26(33)17-32(39(34,35)22-7-5-4-6-8-22)24-12-11-21(37-2)15-25(24)38-3/h4-16H,17H2,1-3H3,(H,31,33)/b29-16+. The van der Waals surface area contributed by atoms with Crippen molar-refractivity contribution < 1.29 is 27.4 Å². The van der Waals surface area contributed by atoms with Gasteiger partial charge < -0.3 is 14.2 Å². The largest absolute Gasteiger partial charge is 0.497 e. The zero-order valence-electron chi connectivity index (χ0n) is 21.3. The van der Waals surface area contributed by atoms with Crippen molar-refractivity contribution in [3.05, 3.63) is 83.5 Å². The van der Waals surface area contributed by atoms with E-state index in [4.69, 9.17) is 25.8 Å². The lowest BCUT2D eigenvalue weighted by Gasteiger charge is -2.25. The van der Waals surface area contributed by atoms with Crippen LogP contribution in [0.1, 0.15) is 5.56 Å². The number of fused-ring (bicyclic) bond motifs is 1. The van der Waals surface area contributed by atoms with Gasteiger partial charge in [-0.05, 0) is 42.5 Å². The summed E-state index contributed by atoms with van der Waals surface area (Å²) in [6, 6.07) is 19.5. The van der Waals surface area contributed by atoms with E-state index in [1.807, 2.05) is 6.07 Å². The van der Waals surface area contributed by atoms with E-state index >= 15 is 0 Å². The minimum absolute atomic E-state index is 0.00447. The number of methoxy groups -OCH3 is 3. The van der Waals surface area contributed by atoms with Crippen LogP contribution in [0.15, 0.2) is 82.8 Å². The molecule has 0 aliphatic rings. The smallest absolute Gasteiger partial charge is 0.264 e. The number of sulfonamides is 1. The summed E-state index contributed by atoms with van der Waals surface area (Å²) in [5.41, 5.74) is 3.61. The van der Waals surface area contributed by atoms with Gasteiger partial charge in [-0.3, -0.25) is 9.10 Å². The number of carbonyl (C=O) groups is 1. The van der Waals surface area contributed by atoms with Gasteiger partial charge in [-0.2, -0.15) is 5.10 Å². The highest BCUT2D eigenvalue weighted by Gasteiger charge is 2.29. The summed E-state index contributed by atoms with van der Waals surface area (Å²) in [4.78, 5) is 17.3. The molecule has 0 saturated heterocycles. The van der Waals surface area contributed by atoms with Gasteiger partial charge in [0, 0.05) is 23.1 Å². The highest BCUT2D eigenvalue weighted by atomic mass is 35.5. The van der Waals surface area contributed by atoms with E-state index in [1.54, 1.807) is 49.6 Å². The van der Waals surface area contributed by atoms with Gasteiger partial charge >= 0.3 is 0 Å². The van der Waals surface area contributed by atoms with Gasteiger partial charge in [0.2, 0.25) is 0 Å². The Morgan fingerprint density at radius 2 is 1.67 bits per heavy atom. The number of nitrogens with one attached hydrogen (secondary N) is 1. The molecule has 0 radical (unpaired) electrons. The normalized spacial score (nSPS) is 11.4. The van der Waals surface area contributed by atoms with Crippen LogP contribution in [0.5, 0.6) is 17.2 Å². The summed E-state index contributed by atoms with van der Waals surface area (Å²) in [7, 11) is 0.277. The molecule has 0 atom stereocenters. The topological polar surface area (TPSA) is 119 Å². The molecule has 1 amide bonds. The van der Waals surface area contributed by atoms with Crippen molar-refractivity contribution in [1.82, 2.24) is 10.4 Å². The van der Waals surface area contributed by atoms with Gasteiger partial charge in [0.1, 0.15) is 28.9 Å². The lowest BCUT2D eigenvalue weighted by molar-refractivity contribution is -0.119. The minimum Gasteiger partial charge on any atom is -0.497 e. The Morgan fingerprint density at radius 1 is 0.974 bits per heavy atom. The fraction of sp³-hybridized carbons (Fsp3) is 0.148. The Labute approximate surface area is 230 Å². The maximum atomic E-state index is 13.6. The fourth-order valence-corrected chi connectivity index (χ4v) is 5.35. The third kappa shape index (κ3) is 6.21. The molecule has 0 unspecified atom stereocenters. The number of pyridine rings is 1. The minimum atomic E-state index is -4.16. The number of ether oxygens (including phenoxy) is 3. The number of nitrogens with zero attached hydrogens (tertiary/aromatic N) is 3. The highest BCUT2D eigenvalue weighted by molar-refractivity contribution is 7.92. The predicted molar refractivity (Wildman–Crippen MR) is 150 cm³/mol. The Balaban J connectivity index is 1.60. The number of hydrogen-bond donors (Lipinski definition) is 1. The molecule has 10 nitrogen and oxygen atoms in total. The summed E-state index contributed by atoms with van der Waals surface area (Å²) in [6.45, 7) is -0.583. The van der Waals surface area contributed by atoms with E-state index < -0.39 is 22.5 Å². The lowest BCUT2D eigenvalue weighted by atomic mass is 10.1. The van der Waals surface area contributed by atoms with Crippen LogP contribution in [-0.2, 0) is 14.8 Å². The molecule has 202 valence electrons. The second-order valence-corrected chi connectivity index (χ2v) is 10.3. The molecule has 1 aromatic heterocycles. The quantitative estimate of drug-likeness (QED) is 0.172. The number of hydrazone groups is 1. The van der Waals surface area contributed by atoms with Gasteiger partial charge in [-0.15, -0.1) is 0 Å². The summed E-state index contributed by atoms with van der Waals surface area (Å²) < 4.78 is 44.0. The van der Waals surface area contributed by atoms with Crippen molar-refractivity contribution in [3.63, 3.8) is 0 Å². The molecule has 0 bridgehead atoms. The first-order chi connectivity index (χ1) is 18.8. The maximum Gasteiger partial charge on any atom is 0.264 e. The molecular weight excluding hydrogens is 544 g/mol. The van der Waals surface area contributed by atoms with Gasteiger partial charge in [-0.25, -0.2) is 18.8 Å². The molecule has 1 N–H and O–H groups in total. The number of amides is 1. The first kappa shape index (κ1) is 27.7. The molecule has 0 aliphatic carbocycles. The van der Waals surface area contributed by atoms with Crippen LogP contribution in [0, 0.1) is 0 Å².